The maximum atomic E-state index is 8.51. The molecule has 0 aromatic rings. The van der Waals surface area contributed by atoms with Gasteiger partial charge in [0.05, 0.1) is 66.1 Å². The predicted octanol–water partition coefficient (Wildman–Crippen LogP) is 1.64. The highest BCUT2D eigenvalue weighted by molar-refractivity contribution is 4.64. The van der Waals surface area contributed by atoms with Crippen molar-refractivity contribution in [2.24, 2.45) is 5.92 Å². The van der Waals surface area contributed by atoms with Gasteiger partial charge >= 0.3 is 0 Å². The van der Waals surface area contributed by atoms with Crippen LogP contribution >= 0.6 is 0 Å². The molecule has 1 aliphatic carbocycles. The van der Waals surface area contributed by atoms with Crippen LogP contribution in [-0.2, 0) is 23.7 Å². The van der Waals surface area contributed by atoms with Gasteiger partial charge in [0.25, 0.3) is 0 Å². The summed E-state index contributed by atoms with van der Waals surface area (Å²) >= 11 is 0. The van der Waals surface area contributed by atoms with Crippen LogP contribution in [0.25, 0.3) is 0 Å². The maximum absolute atomic E-state index is 8.51. The van der Waals surface area contributed by atoms with E-state index in [1.807, 2.05) is 0 Å². The lowest BCUT2D eigenvalue weighted by atomic mass is 9.90. The van der Waals surface area contributed by atoms with Crippen molar-refractivity contribution in [3.05, 3.63) is 0 Å². The minimum Gasteiger partial charge on any atom is -0.394 e. The van der Waals surface area contributed by atoms with Gasteiger partial charge in [-0.2, -0.15) is 0 Å². The van der Waals surface area contributed by atoms with E-state index in [2.05, 4.69) is 0 Å². The van der Waals surface area contributed by atoms with Crippen molar-refractivity contribution < 1.29 is 28.8 Å². The van der Waals surface area contributed by atoms with Gasteiger partial charge in [-0.15, -0.1) is 0 Å². The third kappa shape index (κ3) is 13.9. The summed E-state index contributed by atoms with van der Waals surface area (Å²) in [5.74, 6) is 0.765. The minimum absolute atomic E-state index is 0.0503. The fraction of sp³-hybridized carbons (Fsp3) is 1.00. The van der Waals surface area contributed by atoms with Crippen LogP contribution in [0.15, 0.2) is 0 Å². The highest BCUT2D eigenvalue weighted by Crippen LogP contribution is 2.23. The van der Waals surface area contributed by atoms with Crippen molar-refractivity contribution >= 4 is 0 Å². The molecule has 0 spiro atoms. The van der Waals surface area contributed by atoms with Crippen LogP contribution in [-0.4, -0.2) is 77.8 Å². The van der Waals surface area contributed by atoms with Gasteiger partial charge in [0.1, 0.15) is 0 Å². The van der Waals surface area contributed by atoms with Crippen molar-refractivity contribution in [3.63, 3.8) is 0 Å². The standard InChI is InChI=1S/C17H34O6/c18-6-7-19-8-9-20-10-11-21-12-13-22-14-15-23-16-17-4-2-1-3-5-17/h17-18H,1-16H2. The van der Waals surface area contributed by atoms with Gasteiger partial charge in [-0.3, -0.25) is 0 Å². The van der Waals surface area contributed by atoms with Crippen LogP contribution in [0, 0.1) is 5.92 Å². The molecule has 1 rings (SSSR count). The van der Waals surface area contributed by atoms with E-state index in [4.69, 9.17) is 28.8 Å². The molecule has 0 saturated heterocycles. The Labute approximate surface area is 140 Å². The second-order valence-electron chi connectivity index (χ2n) is 5.75. The molecule has 0 bridgehead atoms. The SMILES string of the molecule is OCCOCCOCCOCCOCCOCC1CCCCC1. The average molecular weight is 334 g/mol. The zero-order valence-electron chi connectivity index (χ0n) is 14.4. The number of hydrogen-bond acceptors (Lipinski definition) is 6. The molecule has 0 aliphatic heterocycles. The second-order valence-corrected chi connectivity index (χ2v) is 5.75. The third-order valence-corrected chi connectivity index (χ3v) is 3.80. The maximum Gasteiger partial charge on any atom is 0.0701 e. The Hall–Kier alpha value is -0.240. The first-order valence-corrected chi connectivity index (χ1v) is 8.93. The summed E-state index contributed by atoms with van der Waals surface area (Å²) < 4.78 is 26.9. The van der Waals surface area contributed by atoms with E-state index in [0.29, 0.717) is 59.5 Å². The molecule has 138 valence electrons. The molecule has 0 unspecified atom stereocenters. The number of ether oxygens (including phenoxy) is 5. The molecule has 6 nitrogen and oxygen atoms in total. The third-order valence-electron chi connectivity index (χ3n) is 3.80. The van der Waals surface area contributed by atoms with Crippen LogP contribution in [0.5, 0.6) is 0 Å². The molecule has 1 aliphatic rings. The van der Waals surface area contributed by atoms with E-state index in [0.717, 1.165) is 12.5 Å². The number of hydrogen-bond donors (Lipinski definition) is 1. The normalized spacial score (nSPS) is 16.0. The lowest BCUT2D eigenvalue weighted by Crippen LogP contribution is -2.16. The fourth-order valence-corrected chi connectivity index (χ4v) is 2.55. The van der Waals surface area contributed by atoms with Gasteiger partial charge in [0.2, 0.25) is 0 Å². The zero-order valence-corrected chi connectivity index (χ0v) is 14.4. The number of aliphatic hydroxyl groups excluding tert-OH is 1. The first-order valence-electron chi connectivity index (χ1n) is 8.93. The summed E-state index contributed by atoms with van der Waals surface area (Å²) in [5, 5.41) is 8.51. The molecule has 6 heteroatoms. The lowest BCUT2D eigenvalue weighted by molar-refractivity contribution is -0.0163. The van der Waals surface area contributed by atoms with E-state index in [9.17, 15) is 0 Å². The van der Waals surface area contributed by atoms with Gasteiger partial charge in [-0.25, -0.2) is 0 Å². The Morgan fingerprint density at radius 1 is 0.565 bits per heavy atom. The summed E-state index contributed by atoms with van der Waals surface area (Å²) in [7, 11) is 0. The Morgan fingerprint density at radius 3 is 1.48 bits per heavy atom. The Bertz CT molecular complexity index is 233. The van der Waals surface area contributed by atoms with Crippen molar-refractivity contribution in [1.82, 2.24) is 0 Å². The van der Waals surface area contributed by atoms with Gasteiger partial charge in [-0.1, -0.05) is 19.3 Å². The van der Waals surface area contributed by atoms with Crippen molar-refractivity contribution in [2.75, 3.05) is 72.7 Å². The molecule has 0 radical (unpaired) electrons. The van der Waals surface area contributed by atoms with Gasteiger partial charge < -0.3 is 28.8 Å². The van der Waals surface area contributed by atoms with Crippen LogP contribution in [0.2, 0.25) is 0 Å². The second kappa shape index (κ2) is 16.6. The summed E-state index contributed by atoms with van der Waals surface area (Å²) in [6.07, 6.45) is 6.76. The van der Waals surface area contributed by atoms with E-state index in [1.165, 1.54) is 32.1 Å². The molecule has 1 N–H and O–H groups in total. The molecule has 1 fully saturated rings. The Balaban J connectivity index is 1.67. The molecule has 0 heterocycles. The smallest absolute Gasteiger partial charge is 0.0701 e. The van der Waals surface area contributed by atoms with Crippen molar-refractivity contribution in [1.29, 1.82) is 0 Å². The number of rotatable bonds is 16. The monoisotopic (exact) mass is 334 g/mol. The van der Waals surface area contributed by atoms with E-state index in [-0.39, 0.29) is 6.61 Å². The van der Waals surface area contributed by atoms with Crippen LogP contribution in [0.3, 0.4) is 0 Å². The first-order chi connectivity index (χ1) is 11.4. The van der Waals surface area contributed by atoms with Crippen LogP contribution in [0.4, 0.5) is 0 Å². The zero-order chi connectivity index (χ0) is 16.4. The molecular weight excluding hydrogens is 300 g/mol. The topological polar surface area (TPSA) is 66.4 Å². The molecule has 0 atom stereocenters. The quantitative estimate of drug-likeness (QED) is 0.433. The first kappa shape index (κ1) is 20.8. The van der Waals surface area contributed by atoms with Gasteiger partial charge in [0, 0.05) is 6.61 Å². The highest BCUT2D eigenvalue weighted by Gasteiger charge is 2.12. The molecule has 1 saturated carbocycles. The van der Waals surface area contributed by atoms with Crippen molar-refractivity contribution in [3.8, 4) is 0 Å². The van der Waals surface area contributed by atoms with E-state index < -0.39 is 0 Å². The van der Waals surface area contributed by atoms with Crippen LogP contribution in [0.1, 0.15) is 32.1 Å². The molecule has 0 aromatic carbocycles. The summed E-state index contributed by atoms with van der Waals surface area (Å²) in [5.41, 5.74) is 0. The molecule has 0 amide bonds. The lowest BCUT2D eigenvalue weighted by Gasteiger charge is -2.21. The van der Waals surface area contributed by atoms with E-state index >= 15 is 0 Å². The molecule has 23 heavy (non-hydrogen) atoms. The molecular formula is C17H34O6. The largest absolute Gasteiger partial charge is 0.394 e. The average Bonchev–Trinajstić information content (AvgIpc) is 2.59. The Morgan fingerprint density at radius 2 is 1.00 bits per heavy atom. The van der Waals surface area contributed by atoms with E-state index in [1.54, 1.807) is 0 Å². The minimum atomic E-state index is 0.0503. The van der Waals surface area contributed by atoms with Crippen LogP contribution < -0.4 is 0 Å². The summed E-state index contributed by atoms with van der Waals surface area (Å²) in [4.78, 5) is 0. The fourth-order valence-electron chi connectivity index (χ4n) is 2.55. The summed E-state index contributed by atoms with van der Waals surface area (Å²) in [6.45, 7) is 5.91. The van der Waals surface area contributed by atoms with Crippen molar-refractivity contribution in [2.45, 2.75) is 32.1 Å². The Kier molecular flexibility index (Phi) is 15.0. The number of aliphatic hydroxyl groups is 1. The molecule has 0 aromatic heterocycles. The van der Waals surface area contributed by atoms with Gasteiger partial charge in [0.15, 0.2) is 0 Å². The predicted molar refractivity (Wildman–Crippen MR) is 87.8 cm³/mol. The van der Waals surface area contributed by atoms with Gasteiger partial charge in [-0.05, 0) is 18.8 Å². The summed E-state index contributed by atoms with van der Waals surface area (Å²) in [6, 6.07) is 0. The highest BCUT2D eigenvalue weighted by atomic mass is 16.6.